The van der Waals surface area contributed by atoms with E-state index in [4.69, 9.17) is 0 Å². The quantitative estimate of drug-likeness (QED) is 0.728. The van der Waals surface area contributed by atoms with E-state index in [1.165, 1.54) is 4.88 Å². The van der Waals surface area contributed by atoms with Crippen LogP contribution >= 0.6 is 11.3 Å². The number of carbonyl (C=O) groups is 2. The lowest BCUT2D eigenvalue weighted by Gasteiger charge is -2.08. The van der Waals surface area contributed by atoms with Crippen LogP contribution in [0, 0.1) is 0 Å². The van der Waals surface area contributed by atoms with Crippen molar-refractivity contribution in [2.24, 2.45) is 0 Å². The van der Waals surface area contributed by atoms with Crippen molar-refractivity contribution in [1.82, 2.24) is 16.0 Å². The van der Waals surface area contributed by atoms with Crippen molar-refractivity contribution in [3.8, 4) is 0 Å². The molecule has 2 rings (SSSR count). The molecule has 0 aliphatic rings. The number of thiophene rings is 1. The van der Waals surface area contributed by atoms with Gasteiger partial charge in [-0.25, -0.2) is 4.79 Å². The van der Waals surface area contributed by atoms with Crippen LogP contribution in [-0.2, 0) is 12.8 Å². The Morgan fingerprint density at radius 2 is 1.83 bits per heavy atom. The molecule has 3 amide bonds. The van der Waals surface area contributed by atoms with Crippen molar-refractivity contribution in [2.45, 2.75) is 12.8 Å². The Hall–Kier alpha value is -2.34. The maximum absolute atomic E-state index is 11.7. The first-order valence-electron chi connectivity index (χ1n) is 7.54. The molecule has 0 unspecified atom stereocenters. The van der Waals surface area contributed by atoms with Gasteiger partial charge < -0.3 is 16.0 Å². The third-order valence-corrected chi connectivity index (χ3v) is 4.29. The summed E-state index contributed by atoms with van der Waals surface area (Å²) in [5, 5.41) is 10.3. The smallest absolute Gasteiger partial charge is 0.314 e. The number of urea groups is 1. The molecule has 1 heterocycles. The second-order valence-electron chi connectivity index (χ2n) is 5.04. The van der Waals surface area contributed by atoms with E-state index in [-0.39, 0.29) is 11.9 Å². The van der Waals surface area contributed by atoms with E-state index in [0.29, 0.717) is 25.1 Å². The van der Waals surface area contributed by atoms with E-state index >= 15 is 0 Å². The molecule has 0 atom stereocenters. The van der Waals surface area contributed by atoms with Crippen LogP contribution in [0.15, 0.2) is 41.8 Å². The Bertz CT molecular complexity index is 641. The van der Waals surface area contributed by atoms with E-state index in [2.05, 4.69) is 22.0 Å². The molecule has 1 aromatic heterocycles. The molecule has 23 heavy (non-hydrogen) atoms. The molecule has 6 heteroatoms. The van der Waals surface area contributed by atoms with Crippen LogP contribution in [0.2, 0.25) is 0 Å². The molecule has 0 saturated heterocycles. The van der Waals surface area contributed by atoms with Gasteiger partial charge in [-0.3, -0.25) is 4.79 Å². The zero-order chi connectivity index (χ0) is 16.5. The minimum atomic E-state index is -0.163. The number of amides is 3. The van der Waals surface area contributed by atoms with Gasteiger partial charge in [0.2, 0.25) is 0 Å². The standard InChI is InChI=1S/C17H21N3O2S/c1-18-16(21)14-5-2-4-13(12-14)7-9-19-17(22)20-10-8-15-6-3-11-23-15/h2-6,11-12H,7-10H2,1H3,(H,18,21)(H2,19,20,22). The van der Waals surface area contributed by atoms with E-state index in [1.807, 2.05) is 29.6 Å². The van der Waals surface area contributed by atoms with E-state index in [9.17, 15) is 9.59 Å². The average Bonchev–Trinajstić information content (AvgIpc) is 3.08. The maximum Gasteiger partial charge on any atom is 0.314 e. The highest BCUT2D eigenvalue weighted by Gasteiger charge is 2.04. The minimum absolute atomic E-state index is 0.105. The van der Waals surface area contributed by atoms with Crippen molar-refractivity contribution in [1.29, 1.82) is 0 Å². The molecular formula is C17H21N3O2S. The fraction of sp³-hybridized carbons (Fsp3) is 0.294. The predicted octanol–water partition coefficient (Wildman–Crippen LogP) is 2.19. The van der Waals surface area contributed by atoms with Gasteiger partial charge in [-0.15, -0.1) is 11.3 Å². The fourth-order valence-corrected chi connectivity index (χ4v) is 2.86. The molecular weight excluding hydrogens is 310 g/mol. The lowest BCUT2D eigenvalue weighted by molar-refractivity contribution is 0.0963. The summed E-state index contributed by atoms with van der Waals surface area (Å²) in [6.45, 7) is 1.15. The Labute approximate surface area is 140 Å². The first kappa shape index (κ1) is 17.0. The van der Waals surface area contributed by atoms with Gasteiger partial charge in [-0.1, -0.05) is 18.2 Å². The van der Waals surface area contributed by atoms with Crippen molar-refractivity contribution in [3.05, 3.63) is 57.8 Å². The zero-order valence-electron chi connectivity index (χ0n) is 13.1. The normalized spacial score (nSPS) is 10.1. The van der Waals surface area contributed by atoms with Crippen LogP contribution in [0.5, 0.6) is 0 Å². The molecule has 0 aliphatic heterocycles. The molecule has 1 aromatic carbocycles. The number of carbonyl (C=O) groups excluding carboxylic acids is 2. The summed E-state index contributed by atoms with van der Waals surface area (Å²) in [7, 11) is 1.61. The second-order valence-corrected chi connectivity index (χ2v) is 6.07. The zero-order valence-corrected chi connectivity index (χ0v) is 13.9. The van der Waals surface area contributed by atoms with Gasteiger partial charge in [0.05, 0.1) is 0 Å². The van der Waals surface area contributed by atoms with Gasteiger partial charge in [0.25, 0.3) is 5.91 Å². The largest absolute Gasteiger partial charge is 0.355 e. The summed E-state index contributed by atoms with van der Waals surface area (Å²) in [4.78, 5) is 24.5. The first-order chi connectivity index (χ1) is 11.2. The van der Waals surface area contributed by atoms with Gasteiger partial charge >= 0.3 is 6.03 Å². The van der Waals surface area contributed by atoms with Crippen LogP contribution in [0.4, 0.5) is 4.79 Å². The van der Waals surface area contributed by atoms with Gasteiger partial charge in [0.1, 0.15) is 0 Å². The SMILES string of the molecule is CNC(=O)c1cccc(CCNC(=O)NCCc2cccs2)c1. The van der Waals surface area contributed by atoms with Gasteiger partial charge in [0.15, 0.2) is 0 Å². The number of hydrogen-bond acceptors (Lipinski definition) is 3. The molecule has 0 spiro atoms. The minimum Gasteiger partial charge on any atom is -0.355 e. The Balaban J connectivity index is 1.68. The van der Waals surface area contributed by atoms with E-state index in [0.717, 1.165) is 12.0 Å². The molecule has 0 saturated carbocycles. The molecule has 0 fully saturated rings. The van der Waals surface area contributed by atoms with Crippen LogP contribution in [-0.4, -0.2) is 32.1 Å². The molecule has 0 aliphatic carbocycles. The van der Waals surface area contributed by atoms with Gasteiger partial charge in [-0.05, 0) is 42.0 Å². The monoisotopic (exact) mass is 331 g/mol. The van der Waals surface area contributed by atoms with Gasteiger partial charge in [0, 0.05) is 30.6 Å². The van der Waals surface area contributed by atoms with Crippen LogP contribution in [0.1, 0.15) is 20.8 Å². The van der Waals surface area contributed by atoms with E-state index < -0.39 is 0 Å². The van der Waals surface area contributed by atoms with Crippen LogP contribution in [0.3, 0.4) is 0 Å². The molecule has 2 aromatic rings. The Morgan fingerprint density at radius 1 is 1.04 bits per heavy atom. The highest BCUT2D eigenvalue weighted by Crippen LogP contribution is 2.08. The average molecular weight is 331 g/mol. The molecule has 0 bridgehead atoms. The van der Waals surface area contributed by atoms with Crippen molar-refractivity contribution < 1.29 is 9.59 Å². The van der Waals surface area contributed by atoms with E-state index in [1.54, 1.807) is 24.5 Å². The third kappa shape index (κ3) is 5.75. The summed E-state index contributed by atoms with van der Waals surface area (Å²) >= 11 is 1.69. The summed E-state index contributed by atoms with van der Waals surface area (Å²) in [5.74, 6) is -0.105. The second kappa shape index (κ2) is 8.95. The predicted molar refractivity (Wildman–Crippen MR) is 93.0 cm³/mol. The molecule has 3 N–H and O–H groups in total. The highest BCUT2D eigenvalue weighted by atomic mass is 32.1. The Morgan fingerprint density at radius 3 is 2.52 bits per heavy atom. The fourth-order valence-electron chi connectivity index (χ4n) is 2.15. The van der Waals surface area contributed by atoms with Gasteiger partial charge in [-0.2, -0.15) is 0 Å². The maximum atomic E-state index is 11.7. The summed E-state index contributed by atoms with van der Waals surface area (Å²) in [6.07, 6.45) is 1.53. The third-order valence-electron chi connectivity index (χ3n) is 3.35. The molecule has 122 valence electrons. The molecule has 0 radical (unpaired) electrons. The summed E-state index contributed by atoms with van der Waals surface area (Å²) < 4.78 is 0. The number of rotatable bonds is 7. The number of benzene rings is 1. The first-order valence-corrected chi connectivity index (χ1v) is 8.42. The topological polar surface area (TPSA) is 70.2 Å². The highest BCUT2D eigenvalue weighted by molar-refractivity contribution is 7.09. The van der Waals surface area contributed by atoms with Crippen molar-refractivity contribution in [3.63, 3.8) is 0 Å². The number of nitrogens with one attached hydrogen (secondary N) is 3. The van der Waals surface area contributed by atoms with Crippen LogP contribution < -0.4 is 16.0 Å². The molecule has 5 nitrogen and oxygen atoms in total. The Kier molecular flexibility index (Phi) is 6.62. The van der Waals surface area contributed by atoms with Crippen molar-refractivity contribution >= 4 is 23.3 Å². The summed E-state index contributed by atoms with van der Waals surface area (Å²) in [5.41, 5.74) is 1.65. The lowest BCUT2D eigenvalue weighted by Crippen LogP contribution is -2.37. The van der Waals surface area contributed by atoms with Crippen molar-refractivity contribution in [2.75, 3.05) is 20.1 Å². The lowest BCUT2D eigenvalue weighted by atomic mass is 10.1. The number of hydrogen-bond donors (Lipinski definition) is 3. The van der Waals surface area contributed by atoms with Crippen LogP contribution in [0.25, 0.3) is 0 Å². The summed E-state index contributed by atoms with van der Waals surface area (Å²) in [6, 6.07) is 11.3.